The van der Waals surface area contributed by atoms with Crippen LogP contribution in [0.2, 0.25) is 0 Å². The molecule has 1 amide bonds. The molecule has 121 valence electrons. The summed E-state index contributed by atoms with van der Waals surface area (Å²) in [7, 11) is 0. The average Bonchev–Trinajstić information content (AvgIpc) is 2.55. The van der Waals surface area contributed by atoms with E-state index in [0.29, 0.717) is 13.2 Å². The Labute approximate surface area is 130 Å². The van der Waals surface area contributed by atoms with Gasteiger partial charge in [-0.05, 0) is 18.4 Å². The molecule has 1 aromatic carbocycles. The third-order valence-corrected chi connectivity index (χ3v) is 2.84. The van der Waals surface area contributed by atoms with Crippen molar-refractivity contribution >= 4 is 12.4 Å². The number of alkyl carbamates (subject to hydrolysis) is 1. The molecule has 0 heterocycles. The first-order valence-corrected chi connectivity index (χ1v) is 7.37. The maximum atomic E-state index is 11.5. The standard InChI is InChI=1S/C16H22NO5/c18-11-13-22-21-12-7-2-1-6-10-17-16(19)20-14-15-8-4-3-5-9-15/h3-5,8-9H,1-2,6-7,10,12-14H2,(H,17,19). The smallest absolute Gasteiger partial charge is 0.407 e. The van der Waals surface area contributed by atoms with Crippen LogP contribution in [0, 0.1) is 0 Å². The van der Waals surface area contributed by atoms with Gasteiger partial charge >= 0.3 is 6.09 Å². The molecular weight excluding hydrogens is 286 g/mol. The van der Waals surface area contributed by atoms with Crippen molar-refractivity contribution in [3.8, 4) is 0 Å². The Balaban J connectivity index is 1.87. The van der Waals surface area contributed by atoms with Crippen LogP contribution in [-0.4, -0.2) is 32.1 Å². The predicted octanol–water partition coefficient (Wildman–Crippen LogP) is 2.53. The van der Waals surface area contributed by atoms with Gasteiger partial charge in [0.1, 0.15) is 13.2 Å². The Kier molecular flexibility index (Phi) is 10.5. The molecule has 1 rings (SSSR count). The largest absolute Gasteiger partial charge is 0.445 e. The molecule has 0 saturated heterocycles. The summed E-state index contributed by atoms with van der Waals surface area (Å²) in [6, 6.07) is 9.55. The highest BCUT2D eigenvalue weighted by molar-refractivity contribution is 5.67. The normalized spacial score (nSPS) is 10.2. The minimum Gasteiger partial charge on any atom is -0.445 e. The van der Waals surface area contributed by atoms with E-state index in [1.807, 2.05) is 30.3 Å². The highest BCUT2D eigenvalue weighted by Gasteiger charge is 2.01. The summed E-state index contributed by atoms with van der Waals surface area (Å²) >= 11 is 0. The molecule has 0 aliphatic heterocycles. The van der Waals surface area contributed by atoms with Gasteiger partial charge < -0.3 is 10.1 Å². The highest BCUT2D eigenvalue weighted by Crippen LogP contribution is 2.01. The van der Waals surface area contributed by atoms with E-state index in [0.717, 1.165) is 31.2 Å². The maximum Gasteiger partial charge on any atom is 0.407 e. The van der Waals surface area contributed by atoms with Gasteiger partial charge in [0.2, 0.25) is 6.29 Å². The summed E-state index contributed by atoms with van der Waals surface area (Å²) < 4.78 is 5.09. The van der Waals surface area contributed by atoms with Crippen LogP contribution in [0.15, 0.2) is 30.3 Å². The molecule has 0 saturated carbocycles. The zero-order valence-corrected chi connectivity index (χ0v) is 12.6. The number of amides is 1. The Morgan fingerprint density at radius 3 is 2.59 bits per heavy atom. The van der Waals surface area contributed by atoms with Gasteiger partial charge in [-0.15, -0.1) is 0 Å². The molecule has 0 aliphatic carbocycles. The van der Waals surface area contributed by atoms with E-state index < -0.39 is 6.09 Å². The third kappa shape index (κ3) is 9.90. The van der Waals surface area contributed by atoms with Crippen LogP contribution in [0.3, 0.4) is 0 Å². The van der Waals surface area contributed by atoms with Gasteiger partial charge in [0.25, 0.3) is 0 Å². The second kappa shape index (κ2) is 12.8. The van der Waals surface area contributed by atoms with E-state index in [1.54, 1.807) is 6.29 Å². The van der Waals surface area contributed by atoms with Gasteiger partial charge in [0.15, 0.2) is 0 Å². The van der Waals surface area contributed by atoms with Crippen molar-refractivity contribution < 1.29 is 24.1 Å². The number of hydrogen-bond acceptors (Lipinski definition) is 5. The molecule has 0 fully saturated rings. The lowest BCUT2D eigenvalue weighted by Gasteiger charge is -2.07. The fourth-order valence-electron chi connectivity index (χ4n) is 1.73. The first-order chi connectivity index (χ1) is 10.8. The van der Waals surface area contributed by atoms with Crippen LogP contribution in [0.25, 0.3) is 0 Å². The van der Waals surface area contributed by atoms with E-state index in [1.165, 1.54) is 0 Å². The zero-order chi connectivity index (χ0) is 15.9. The summed E-state index contributed by atoms with van der Waals surface area (Å²) in [5, 5.41) is 2.71. The van der Waals surface area contributed by atoms with E-state index in [9.17, 15) is 9.59 Å². The Morgan fingerprint density at radius 2 is 1.82 bits per heavy atom. The van der Waals surface area contributed by atoms with E-state index in [2.05, 4.69) is 10.2 Å². The lowest BCUT2D eigenvalue weighted by molar-refractivity contribution is -0.283. The second-order valence-electron chi connectivity index (χ2n) is 4.63. The fourth-order valence-corrected chi connectivity index (χ4v) is 1.73. The third-order valence-electron chi connectivity index (χ3n) is 2.84. The lowest BCUT2D eigenvalue weighted by Crippen LogP contribution is -2.25. The minimum atomic E-state index is -0.398. The van der Waals surface area contributed by atoms with Crippen LogP contribution in [0.5, 0.6) is 0 Å². The minimum absolute atomic E-state index is 0.158. The number of ether oxygens (including phenoxy) is 1. The summed E-state index contributed by atoms with van der Waals surface area (Å²) in [5.74, 6) is 0. The predicted molar refractivity (Wildman–Crippen MR) is 80.7 cm³/mol. The monoisotopic (exact) mass is 308 g/mol. The average molecular weight is 308 g/mol. The molecule has 1 N–H and O–H groups in total. The molecule has 6 nitrogen and oxygen atoms in total. The fraction of sp³-hybridized carbons (Fsp3) is 0.500. The van der Waals surface area contributed by atoms with Crippen molar-refractivity contribution in [2.45, 2.75) is 32.3 Å². The van der Waals surface area contributed by atoms with Crippen LogP contribution < -0.4 is 5.32 Å². The molecule has 0 spiro atoms. The van der Waals surface area contributed by atoms with E-state index in [-0.39, 0.29) is 13.2 Å². The number of benzene rings is 1. The molecule has 0 aromatic heterocycles. The molecule has 0 unspecified atom stereocenters. The summed E-state index contributed by atoms with van der Waals surface area (Å²) in [4.78, 5) is 30.5. The maximum absolute atomic E-state index is 11.5. The summed E-state index contributed by atoms with van der Waals surface area (Å²) in [6.45, 7) is 1.16. The van der Waals surface area contributed by atoms with Crippen LogP contribution in [-0.2, 0) is 25.9 Å². The molecule has 0 bridgehead atoms. The van der Waals surface area contributed by atoms with Gasteiger partial charge in [-0.25, -0.2) is 14.6 Å². The van der Waals surface area contributed by atoms with Crippen LogP contribution >= 0.6 is 0 Å². The SMILES string of the molecule is O=[C]COOCCCCCCNC(=O)OCc1ccccc1. The number of nitrogens with one attached hydrogen (secondary N) is 1. The van der Waals surface area contributed by atoms with Crippen molar-refractivity contribution in [1.82, 2.24) is 5.32 Å². The van der Waals surface area contributed by atoms with E-state index >= 15 is 0 Å². The molecule has 1 aromatic rings. The van der Waals surface area contributed by atoms with Gasteiger partial charge in [0, 0.05) is 6.54 Å². The first-order valence-electron chi connectivity index (χ1n) is 7.37. The lowest BCUT2D eigenvalue weighted by atomic mass is 10.2. The summed E-state index contributed by atoms with van der Waals surface area (Å²) in [6.07, 6.45) is 4.84. The topological polar surface area (TPSA) is 73.9 Å². The van der Waals surface area contributed by atoms with Gasteiger partial charge in [0.05, 0.1) is 6.61 Å². The quantitative estimate of drug-likeness (QED) is 0.365. The molecule has 0 aliphatic rings. The Bertz CT molecular complexity index is 410. The number of hydrogen-bond donors (Lipinski definition) is 1. The number of carbonyl (C=O) groups excluding carboxylic acids is 2. The van der Waals surface area contributed by atoms with Crippen molar-refractivity contribution in [2.75, 3.05) is 19.8 Å². The molecule has 0 atom stereocenters. The number of carbonyl (C=O) groups is 1. The van der Waals surface area contributed by atoms with Gasteiger partial charge in [-0.3, -0.25) is 4.79 Å². The van der Waals surface area contributed by atoms with Gasteiger partial charge in [-0.1, -0.05) is 43.2 Å². The molecule has 22 heavy (non-hydrogen) atoms. The van der Waals surface area contributed by atoms with Crippen molar-refractivity contribution in [3.05, 3.63) is 35.9 Å². The molecule has 1 radical (unpaired) electrons. The summed E-state index contributed by atoms with van der Waals surface area (Å²) in [5.41, 5.74) is 0.965. The van der Waals surface area contributed by atoms with Crippen molar-refractivity contribution in [1.29, 1.82) is 0 Å². The molecule has 6 heteroatoms. The Hall–Kier alpha value is -1.92. The van der Waals surface area contributed by atoms with Crippen LogP contribution in [0.1, 0.15) is 31.2 Å². The van der Waals surface area contributed by atoms with E-state index in [4.69, 9.17) is 9.62 Å². The highest BCUT2D eigenvalue weighted by atomic mass is 17.2. The second-order valence-corrected chi connectivity index (χ2v) is 4.63. The first kappa shape index (κ1) is 18.1. The zero-order valence-electron chi connectivity index (χ0n) is 12.6. The number of unbranched alkanes of at least 4 members (excludes halogenated alkanes) is 3. The number of rotatable bonds is 12. The van der Waals surface area contributed by atoms with Crippen LogP contribution in [0.4, 0.5) is 4.79 Å². The Morgan fingerprint density at radius 1 is 1.05 bits per heavy atom. The van der Waals surface area contributed by atoms with Gasteiger partial charge in [-0.2, -0.15) is 0 Å². The molecular formula is C16H22NO5. The van der Waals surface area contributed by atoms with Crippen molar-refractivity contribution in [2.24, 2.45) is 0 Å². The van der Waals surface area contributed by atoms with Crippen molar-refractivity contribution in [3.63, 3.8) is 0 Å².